The highest BCUT2D eigenvalue weighted by atomic mass is 35.5. The zero-order valence-corrected chi connectivity index (χ0v) is 15.9. The van der Waals surface area contributed by atoms with Gasteiger partial charge in [0.2, 0.25) is 0 Å². The molecular formula is C18H29ClN4O2. The number of halogens is 1. The second-order valence-electron chi connectivity index (χ2n) is 6.85. The molecule has 0 radical (unpaired) electrons. The van der Waals surface area contributed by atoms with Crippen molar-refractivity contribution in [2.45, 2.75) is 45.7 Å². The van der Waals surface area contributed by atoms with Crippen LogP contribution in [-0.2, 0) is 0 Å². The maximum absolute atomic E-state index is 12.8. The highest BCUT2D eigenvalue weighted by Crippen LogP contribution is 2.24. The monoisotopic (exact) mass is 368 g/mol. The summed E-state index contributed by atoms with van der Waals surface area (Å²) >= 11 is 0. The van der Waals surface area contributed by atoms with Crippen LogP contribution >= 0.6 is 12.4 Å². The maximum atomic E-state index is 12.8. The van der Waals surface area contributed by atoms with E-state index in [0.29, 0.717) is 23.7 Å². The Morgan fingerprint density at radius 2 is 2.08 bits per heavy atom. The fourth-order valence-electron chi connectivity index (χ4n) is 3.07. The van der Waals surface area contributed by atoms with Crippen molar-refractivity contribution in [3.63, 3.8) is 0 Å². The Hall–Kier alpha value is -1.79. The molecule has 140 valence electrons. The van der Waals surface area contributed by atoms with Crippen LogP contribution in [0, 0.1) is 5.92 Å². The third kappa shape index (κ3) is 5.90. The first-order chi connectivity index (χ1) is 11.4. The lowest BCUT2D eigenvalue weighted by atomic mass is 9.92. The summed E-state index contributed by atoms with van der Waals surface area (Å²) in [7, 11) is 0. The molecule has 0 saturated carbocycles. The number of anilines is 1. The highest BCUT2D eigenvalue weighted by Gasteiger charge is 2.29. The van der Waals surface area contributed by atoms with Crippen LogP contribution < -0.4 is 16.4 Å². The molecule has 3 amide bonds. The van der Waals surface area contributed by atoms with Gasteiger partial charge < -0.3 is 21.3 Å². The van der Waals surface area contributed by atoms with Crippen molar-refractivity contribution in [2.24, 2.45) is 11.7 Å². The van der Waals surface area contributed by atoms with Gasteiger partial charge in [-0.3, -0.25) is 4.79 Å². The number of carbonyl (C=O) groups excluding carboxylic acids is 2. The minimum Gasteiger partial charge on any atom is -0.336 e. The van der Waals surface area contributed by atoms with Gasteiger partial charge in [0.1, 0.15) is 0 Å². The van der Waals surface area contributed by atoms with Crippen molar-refractivity contribution >= 4 is 30.0 Å². The molecule has 1 heterocycles. The van der Waals surface area contributed by atoms with Crippen LogP contribution in [0.3, 0.4) is 0 Å². The van der Waals surface area contributed by atoms with Gasteiger partial charge in [0, 0.05) is 36.4 Å². The number of hydrogen-bond donors (Lipinski definition) is 3. The second kappa shape index (κ2) is 9.63. The quantitative estimate of drug-likeness (QED) is 0.763. The second-order valence-corrected chi connectivity index (χ2v) is 6.85. The standard InChI is InChI=1S/C18H28N4O2.ClH/c1-12(2)20-18(24)21-15-6-4-5-14(10-15)17(23)22-8-7-13(3)9-16(22)11-19;/h4-6,10,12-13,16H,7-9,11,19H2,1-3H3,(H2,20,21,24);1H. The van der Waals surface area contributed by atoms with E-state index >= 15 is 0 Å². The van der Waals surface area contributed by atoms with Gasteiger partial charge in [-0.1, -0.05) is 13.0 Å². The Morgan fingerprint density at radius 1 is 1.36 bits per heavy atom. The molecule has 0 aromatic heterocycles. The fraction of sp³-hybridized carbons (Fsp3) is 0.556. The van der Waals surface area contributed by atoms with Crippen LogP contribution in [0.1, 0.15) is 44.0 Å². The maximum Gasteiger partial charge on any atom is 0.319 e. The molecule has 1 aromatic carbocycles. The van der Waals surface area contributed by atoms with Gasteiger partial charge in [0.25, 0.3) is 5.91 Å². The number of piperidine rings is 1. The SMILES string of the molecule is CC1CCN(C(=O)c2cccc(NC(=O)NC(C)C)c2)C(CN)C1.Cl. The number of nitrogens with two attached hydrogens (primary N) is 1. The predicted molar refractivity (Wildman–Crippen MR) is 103 cm³/mol. The molecule has 2 rings (SSSR count). The van der Waals surface area contributed by atoms with Crippen LogP contribution in [0.5, 0.6) is 0 Å². The molecule has 25 heavy (non-hydrogen) atoms. The van der Waals surface area contributed by atoms with E-state index in [2.05, 4.69) is 17.6 Å². The largest absolute Gasteiger partial charge is 0.336 e. The van der Waals surface area contributed by atoms with Crippen molar-refractivity contribution in [3.05, 3.63) is 29.8 Å². The third-order valence-corrected chi connectivity index (χ3v) is 4.30. The summed E-state index contributed by atoms with van der Waals surface area (Å²) in [5.41, 5.74) is 7.03. The summed E-state index contributed by atoms with van der Waals surface area (Å²) in [5.74, 6) is 0.570. The van der Waals surface area contributed by atoms with Crippen molar-refractivity contribution in [3.8, 4) is 0 Å². The van der Waals surface area contributed by atoms with Gasteiger partial charge in [0.05, 0.1) is 0 Å². The number of carbonyl (C=O) groups is 2. The van der Waals surface area contributed by atoms with Crippen LogP contribution in [-0.4, -0.2) is 42.0 Å². The molecular weight excluding hydrogens is 340 g/mol. The molecule has 1 saturated heterocycles. The molecule has 0 bridgehead atoms. The van der Waals surface area contributed by atoms with Crippen LogP contribution in [0.25, 0.3) is 0 Å². The van der Waals surface area contributed by atoms with Crippen molar-refractivity contribution in [1.29, 1.82) is 0 Å². The molecule has 2 atom stereocenters. The Morgan fingerprint density at radius 3 is 2.72 bits per heavy atom. The molecule has 1 aromatic rings. The Balaban J connectivity index is 0.00000312. The summed E-state index contributed by atoms with van der Waals surface area (Å²) in [5, 5.41) is 5.52. The molecule has 0 aliphatic carbocycles. The normalized spacial score (nSPS) is 20.0. The van der Waals surface area contributed by atoms with E-state index < -0.39 is 0 Å². The van der Waals surface area contributed by atoms with Crippen molar-refractivity contribution < 1.29 is 9.59 Å². The van der Waals surface area contributed by atoms with E-state index in [1.807, 2.05) is 18.7 Å². The van der Waals surface area contributed by atoms with E-state index in [1.165, 1.54) is 0 Å². The van der Waals surface area contributed by atoms with E-state index in [0.717, 1.165) is 19.4 Å². The zero-order valence-electron chi connectivity index (χ0n) is 15.1. The van der Waals surface area contributed by atoms with E-state index in [-0.39, 0.29) is 36.4 Å². The molecule has 0 spiro atoms. The lowest BCUT2D eigenvalue weighted by molar-refractivity contribution is 0.0573. The minimum atomic E-state index is -0.277. The summed E-state index contributed by atoms with van der Waals surface area (Å²) in [6, 6.07) is 6.91. The number of rotatable bonds is 4. The van der Waals surface area contributed by atoms with Crippen LogP contribution in [0.15, 0.2) is 24.3 Å². The van der Waals surface area contributed by atoms with Gasteiger partial charge in [-0.2, -0.15) is 0 Å². The molecule has 4 N–H and O–H groups in total. The third-order valence-electron chi connectivity index (χ3n) is 4.30. The number of nitrogens with one attached hydrogen (secondary N) is 2. The lowest BCUT2D eigenvalue weighted by Crippen LogP contribution is -2.49. The molecule has 1 aliphatic heterocycles. The Labute approximate surface area is 155 Å². The summed E-state index contributed by atoms with van der Waals surface area (Å²) in [6.07, 6.45) is 1.94. The number of amides is 3. The topological polar surface area (TPSA) is 87.5 Å². The van der Waals surface area contributed by atoms with Gasteiger partial charge in [-0.25, -0.2) is 4.79 Å². The summed E-state index contributed by atoms with van der Waals surface area (Å²) < 4.78 is 0. The van der Waals surface area contributed by atoms with Gasteiger partial charge >= 0.3 is 6.03 Å². The van der Waals surface area contributed by atoms with Gasteiger partial charge in [-0.05, 0) is 50.8 Å². The Bertz CT molecular complexity index is 594. The molecule has 7 heteroatoms. The summed E-state index contributed by atoms with van der Waals surface area (Å²) in [4.78, 5) is 26.5. The van der Waals surface area contributed by atoms with Crippen molar-refractivity contribution in [2.75, 3.05) is 18.4 Å². The van der Waals surface area contributed by atoms with Crippen molar-refractivity contribution in [1.82, 2.24) is 10.2 Å². The minimum absolute atomic E-state index is 0. The molecule has 2 unspecified atom stereocenters. The number of nitrogens with zero attached hydrogens (tertiary/aromatic N) is 1. The number of hydrogen-bond acceptors (Lipinski definition) is 3. The van der Waals surface area contributed by atoms with Gasteiger partial charge in [-0.15, -0.1) is 12.4 Å². The predicted octanol–water partition coefficient (Wildman–Crippen LogP) is 2.84. The van der Waals surface area contributed by atoms with Gasteiger partial charge in [0.15, 0.2) is 0 Å². The zero-order chi connectivity index (χ0) is 17.7. The number of benzene rings is 1. The van der Waals surface area contributed by atoms with E-state index in [1.54, 1.807) is 24.3 Å². The van der Waals surface area contributed by atoms with Crippen LogP contribution in [0.4, 0.5) is 10.5 Å². The average Bonchev–Trinajstić information content (AvgIpc) is 2.53. The smallest absolute Gasteiger partial charge is 0.319 e. The molecule has 1 aliphatic rings. The first kappa shape index (κ1) is 21.3. The molecule has 1 fully saturated rings. The highest BCUT2D eigenvalue weighted by molar-refractivity contribution is 5.97. The average molecular weight is 369 g/mol. The molecule has 6 nitrogen and oxygen atoms in total. The first-order valence-corrected chi connectivity index (χ1v) is 8.59. The fourth-order valence-corrected chi connectivity index (χ4v) is 3.07. The summed E-state index contributed by atoms with van der Waals surface area (Å²) in [6.45, 7) is 7.19. The van der Waals surface area contributed by atoms with E-state index in [9.17, 15) is 9.59 Å². The van der Waals surface area contributed by atoms with E-state index in [4.69, 9.17) is 5.73 Å². The number of likely N-dealkylation sites (tertiary alicyclic amines) is 1. The van der Waals surface area contributed by atoms with Crippen LogP contribution in [0.2, 0.25) is 0 Å². The lowest BCUT2D eigenvalue weighted by Gasteiger charge is -2.38. The number of urea groups is 1. The Kier molecular flexibility index (Phi) is 8.19. The first-order valence-electron chi connectivity index (χ1n) is 8.59.